The van der Waals surface area contributed by atoms with Crippen molar-refractivity contribution in [2.24, 2.45) is 0 Å². The SMILES string of the molecule is Cc1ccc(-c2cc(C(=O)Nc3ccccc3)c3ccccc3n2)s1. The van der Waals surface area contributed by atoms with E-state index in [2.05, 4.69) is 24.4 Å². The summed E-state index contributed by atoms with van der Waals surface area (Å²) >= 11 is 1.68. The number of nitrogens with one attached hydrogen (secondary N) is 1. The van der Waals surface area contributed by atoms with Gasteiger partial charge in [0.25, 0.3) is 5.91 Å². The van der Waals surface area contributed by atoms with E-state index in [1.165, 1.54) is 4.88 Å². The smallest absolute Gasteiger partial charge is 0.256 e. The largest absolute Gasteiger partial charge is 0.322 e. The number of anilines is 1. The summed E-state index contributed by atoms with van der Waals surface area (Å²) in [5, 5.41) is 3.83. The first kappa shape index (κ1) is 15.5. The number of para-hydroxylation sites is 2. The van der Waals surface area contributed by atoms with Crippen LogP contribution in [0.3, 0.4) is 0 Å². The van der Waals surface area contributed by atoms with E-state index in [9.17, 15) is 4.79 Å². The number of hydrogen-bond acceptors (Lipinski definition) is 3. The van der Waals surface area contributed by atoms with E-state index < -0.39 is 0 Å². The highest BCUT2D eigenvalue weighted by atomic mass is 32.1. The average Bonchev–Trinajstić information content (AvgIpc) is 3.08. The lowest BCUT2D eigenvalue weighted by atomic mass is 10.1. The van der Waals surface area contributed by atoms with Gasteiger partial charge in [-0.15, -0.1) is 11.3 Å². The van der Waals surface area contributed by atoms with Gasteiger partial charge in [0.15, 0.2) is 0 Å². The molecule has 0 aliphatic carbocycles. The van der Waals surface area contributed by atoms with Crippen LogP contribution < -0.4 is 5.32 Å². The maximum Gasteiger partial charge on any atom is 0.256 e. The van der Waals surface area contributed by atoms with Crippen molar-refractivity contribution in [1.29, 1.82) is 0 Å². The third kappa shape index (κ3) is 3.16. The molecule has 4 rings (SSSR count). The summed E-state index contributed by atoms with van der Waals surface area (Å²) < 4.78 is 0. The van der Waals surface area contributed by atoms with Crippen LogP contribution in [0.5, 0.6) is 0 Å². The number of aromatic nitrogens is 1. The Kier molecular flexibility index (Phi) is 4.04. The molecular weight excluding hydrogens is 328 g/mol. The van der Waals surface area contributed by atoms with Gasteiger partial charge in [-0.05, 0) is 43.3 Å². The van der Waals surface area contributed by atoms with Crippen LogP contribution in [0.2, 0.25) is 0 Å². The van der Waals surface area contributed by atoms with Gasteiger partial charge >= 0.3 is 0 Å². The second kappa shape index (κ2) is 6.49. The summed E-state index contributed by atoms with van der Waals surface area (Å²) in [6, 6.07) is 23.2. The van der Waals surface area contributed by atoms with Gasteiger partial charge in [0.2, 0.25) is 0 Å². The summed E-state index contributed by atoms with van der Waals surface area (Å²) in [5.74, 6) is -0.126. The van der Waals surface area contributed by atoms with Gasteiger partial charge in [-0.3, -0.25) is 4.79 Å². The minimum absolute atomic E-state index is 0.126. The number of benzene rings is 2. The quantitative estimate of drug-likeness (QED) is 0.531. The number of rotatable bonds is 3. The number of aryl methyl sites for hydroxylation is 1. The molecule has 1 N–H and O–H groups in total. The molecule has 0 atom stereocenters. The van der Waals surface area contributed by atoms with Crippen LogP contribution in [0.4, 0.5) is 5.69 Å². The standard InChI is InChI=1S/C21H16N2OS/c1-14-11-12-20(25-14)19-13-17(16-9-5-6-10-18(16)23-19)21(24)22-15-7-3-2-4-8-15/h2-13H,1H3,(H,22,24). The zero-order valence-electron chi connectivity index (χ0n) is 13.7. The zero-order chi connectivity index (χ0) is 17.2. The summed E-state index contributed by atoms with van der Waals surface area (Å²) in [7, 11) is 0. The van der Waals surface area contributed by atoms with E-state index in [-0.39, 0.29) is 5.91 Å². The van der Waals surface area contributed by atoms with Crippen molar-refractivity contribution >= 4 is 33.8 Å². The number of thiophene rings is 1. The fraction of sp³-hybridized carbons (Fsp3) is 0.0476. The Labute approximate surface area is 150 Å². The molecule has 0 saturated carbocycles. The summed E-state index contributed by atoms with van der Waals surface area (Å²) in [6.45, 7) is 2.07. The molecule has 1 amide bonds. The molecule has 0 fully saturated rings. The molecule has 3 nitrogen and oxygen atoms in total. The Hall–Kier alpha value is -2.98. The van der Waals surface area contributed by atoms with E-state index in [1.54, 1.807) is 11.3 Å². The molecule has 0 radical (unpaired) electrons. The number of amides is 1. The highest BCUT2D eigenvalue weighted by Crippen LogP contribution is 2.30. The van der Waals surface area contributed by atoms with Crippen LogP contribution in [0.25, 0.3) is 21.5 Å². The highest BCUT2D eigenvalue weighted by Gasteiger charge is 2.14. The molecule has 0 spiro atoms. The minimum Gasteiger partial charge on any atom is -0.322 e. The topological polar surface area (TPSA) is 42.0 Å². The third-order valence-electron chi connectivity index (χ3n) is 3.99. The minimum atomic E-state index is -0.126. The van der Waals surface area contributed by atoms with Crippen molar-refractivity contribution in [3.8, 4) is 10.6 Å². The van der Waals surface area contributed by atoms with Gasteiger partial charge in [0.1, 0.15) is 0 Å². The number of pyridine rings is 1. The van der Waals surface area contributed by atoms with Crippen LogP contribution in [-0.4, -0.2) is 10.9 Å². The molecular formula is C21H16N2OS. The molecule has 4 aromatic rings. The summed E-state index contributed by atoms with van der Waals surface area (Å²) in [4.78, 5) is 19.9. The maximum atomic E-state index is 12.9. The van der Waals surface area contributed by atoms with E-state index in [1.807, 2.05) is 60.7 Å². The summed E-state index contributed by atoms with van der Waals surface area (Å²) in [5.41, 5.74) is 3.07. The molecule has 0 aliphatic rings. The average molecular weight is 344 g/mol. The van der Waals surface area contributed by atoms with E-state index in [0.29, 0.717) is 5.56 Å². The molecule has 25 heavy (non-hydrogen) atoms. The second-order valence-corrected chi connectivity index (χ2v) is 7.09. The molecule has 0 aliphatic heterocycles. The number of nitrogens with zero attached hydrogens (tertiary/aromatic N) is 1. The second-order valence-electron chi connectivity index (χ2n) is 5.80. The normalized spacial score (nSPS) is 10.8. The van der Waals surface area contributed by atoms with E-state index in [0.717, 1.165) is 27.2 Å². The highest BCUT2D eigenvalue weighted by molar-refractivity contribution is 7.15. The lowest BCUT2D eigenvalue weighted by Gasteiger charge is -2.10. The molecule has 122 valence electrons. The van der Waals surface area contributed by atoms with Gasteiger partial charge < -0.3 is 5.32 Å². The Bertz CT molecular complexity index is 1050. The molecule has 0 unspecified atom stereocenters. The fourth-order valence-corrected chi connectivity index (χ4v) is 3.61. The van der Waals surface area contributed by atoms with Gasteiger partial charge in [0.05, 0.1) is 21.7 Å². The molecule has 0 bridgehead atoms. The Morgan fingerprint density at radius 1 is 0.960 bits per heavy atom. The van der Waals surface area contributed by atoms with Crippen LogP contribution in [0.1, 0.15) is 15.2 Å². The van der Waals surface area contributed by atoms with Crippen molar-refractivity contribution in [1.82, 2.24) is 4.98 Å². The first-order chi connectivity index (χ1) is 12.2. The molecule has 2 aromatic carbocycles. The van der Waals surface area contributed by atoms with Gasteiger partial charge in [-0.25, -0.2) is 4.98 Å². The van der Waals surface area contributed by atoms with Crippen LogP contribution in [-0.2, 0) is 0 Å². The van der Waals surface area contributed by atoms with Gasteiger partial charge in [-0.2, -0.15) is 0 Å². The van der Waals surface area contributed by atoms with Crippen molar-refractivity contribution in [3.63, 3.8) is 0 Å². The van der Waals surface area contributed by atoms with Crippen LogP contribution >= 0.6 is 11.3 Å². The van der Waals surface area contributed by atoms with Crippen LogP contribution in [0.15, 0.2) is 72.8 Å². The Morgan fingerprint density at radius 2 is 1.72 bits per heavy atom. The predicted octanol–water partition coefficient (Wildman–Crippen LogP) is 5.52. The maximum absolute atomic E-state index is 12.9. The molecule has 2 heterocycles. The number of carbonyl (C=O) groups is 1. The first-order valence-corrected chi connectivity index (χ1v) is 8.85. The number of carbonyl (C=O) groups excluding carboxylic acids is 1. The van der Waals surface area contributed by atoms with Crippen molar-refractivity contribution in [3.05, 3.63) is 83.2 Å². The lowest BCUT2D eigenvalue weighted by molar-refractivity contribution is 0.102. The van der Waals surface area contributed by atoms with Gasteiger partial charge in [-0.1, -0.05) is 36.4 Å². The van der Waals surface area contributed by atoms with E-state index in [4.69, 9.17) is 4.98 Å². The molecule has 2 aromatic heterocycles. The van der Waals surface area contributed by atoms with Crippen molar-refractivity contribution in [2.45, 2.75) is 6.92 Å². The molecule has 0 saturated heterocycles. The van der Waals surface area contributed by atoms with Crippen molar-refractivity contribution < 1.29 is 4.79 Å². The Balaban J connectivity index is 1.82. The Morgan fingerprint density at radius 3 is 2.48 bits per heavy atom. The summed E-state index contributed by atoms with van der Waals surface area (Å²) in [6.07, 6.45) is 0. The van der Waals surface area contributed by atoms with E-state index >= 15 is 0 Å². The predicted molar refractivity (Wildman–Crippen MR) is 104 cm³/mol. The fourth-order valence-electron chi connectivity index (χ4n) is 2.78. The third-order valence-corrected chi connectivity index (χ3v) is 5.01. The number of hydrogen-bond donors (Lipinski definition) is 1. The number of fused-ring (bicyclic) bond motifs is 1. The van der Waals surface area contributed by atoms with Crippen molar-refractivity contribution in [2.75, 3.05) is 5.32 Å². The zero-order valence-corrected chi connectivity index (χ0v) is 14.5. The monoisotopic (exact) mass is 344 g/mol. The van der Waals surface area contributed by atoms with Crippen LogP contribution in [0, 0.1) is 6.92 Å². The molecule has 4 heteroatoms. The first-order valence-electron chi connectivity index (χ1n) is 8.04. The van der Waals surface area contributed by atoms with Gasteiger partial charge in [0, 0.05) is 16.0 Å². The lowest BCUT2D eigenvalue weighted by Crippen LogP contribution is -2.13.